The molecule has 4 bridgehead atoms. The van der Waals surface area contributed by atoms with Crippen molar-refractivity contribution in [2.45, 2.75) is 82.7 Å². The van der Waals surface area contributed by atoms with Crippen LogP contribution in [0.4, 0.5) is 0 Å². The van der Waals surface area contributed by atoms with Crippen LogP contribution in [0, 0.1) is 23.2 Å². The van der Waals surface area contributed by atoms with E-state index in [0.717, 1.165) is 43.4 Å². The van der Waals surface area contributed by atoms with Crippen molar-refractivity contribution < 1.29 is 9.32 Å². The van der Waals surface area contributed by atoms with Gasteiger partial charge in [-0.15, -0.1) is 0 Å². The summed E-state index contributed by atoms with van der Waals surface area (Å²) >= 11 is 0. The molecule has 142 valence electrons. The van der Waals surface area contributed by atoms with Gasteiger partial charge in [0.2, 0.25) is 11.8 Å². The predicted octanol–water partition coefficient (Wildman–Crippen LogP) is 3.02. The largest absolute Gasteiger partial charge is 0.347 e. The first kappa shape index (κ1) is 16.7. The summed E-state index contributed by atoms with van der Waals surface area (Å²) in [6, 6.07) is 0. The number of carbonyl (C=O) groups excluding carboxylic acids is 1. The maximum absolute atomic E-state index is 12.6. The van der Waals surface area contributed by atoms with Gasteiger partial charge < -0.3 is 15.6 Å². The van der Waals surface area contributed by atoms with Gasteiger partial charge in [-0.05, 0) is 74.5 Å². The highest BCUT2D eigenvalue weighted by Gasteiger charge is 2.51. The van der Waals surface area contributed by atoms with Crippen molar-refractivity contribution in [1.82, 2.24) is 15.5 Å². The minimum absolute atomic E-state index is 0.134. The highest BCUT2D eigenvalue weighted by atomic mass is 16.5. The van der Waals surface area contributed by atoms with Crippen LogP contribution in [-0.2, 0) is 16.9 Å². The Kier molecular flexibility index (Phi) is 3.89. The summed E-state index contributed by atoms with van der Waals surface area (Å²) in [5.41, 5.74) is 6.20. The monoisotopic (exact) mass is 358 g/mol. The molecule has 0 radical (unpaired) electrons. The first-order valence-electron chi connectivity index (χ1n) is 10.4. The molecule has 0 saturated heterocycles. The van der Waals surface area contributed by atoms with E-state index in [4.69, 9.17) is 10.3 Å². The molecule has 0 atom stereocenters. The standard InChI is InChI=1S/C20H30N4O2/c21-20(3-1-2-4-20)18-23-17(26-24-18)12-22-16(25)11-19-8-13-5-14(9-19)7-15(6-13)10-19/h13-15H,1-12,21H2,(H,22,25). The third kappa shape index (κ3) is 2.96. The van der Waals surface area contributed by atoms with Crippen LogP contribution in [0.2, 0.25) is 0 Å². The molecule has 6 nitrogen and oxygen atoms in total. The van der Waals surface area contributed by atoms with E-state index in [1.165, 1.54) is 38.5 Å². The van der Waals surface area contributed by atoms with Gasteiger partial charge in [-0.2, -0.15) is 4.98 Å². The van der Waals surface area contributed by atoms with Crippen molar-refractivity contribution in [3.63, 3.8) is 0 Å². The molecule has 1 aromatic heterocycles. The predicted molar refractivity (Wildman–Crippen MR) is 95.7 cm³/mol. The molecule has 6 heteroatoms. The van der Waals surface area contributed by atoms with Gasteiger partial charge in [0.05, 0.1) is 12.1 Å². The topological polar surface area (TPSA) is 94.0 Å². The van der Waals surface area contributed by atoms with Gasteiger partial charge in [-0.25, -0.2) is 0 Å². The van der Waals surface area contributed by atoms with E-state index in [9.17, 15) is 4.79 Å². The number of nitrogens with one attached hydrogen (secondary N) is 1. The molecule has 6 rings (SSSR count). The Morgan fingerprint density at radius 1 is 1.12 bits per heavy atom. The quantitative estimate of drug-likeness (QED) is 0.844. The number of nitrogens with zero attached hydrogens (tertiary/aromatic N) is 2. The molecule has 0 unspecified atom stereocenters. The smallest absolute Gasteiger partial charge is 0.246 e. The van der Waals surface area contributed by atoms with Crippen LogP contribution in [0.25, 0.3) is 0 Å². The summed E-state index contributed by atoms with van der Waals surface area (Å²) in [6.07, 6.45) is 12.7. The lowest BCUT2D eigenvalue weighted by atomic mass is 9.49. The van der Waals surface area contributed by atoms with Gasteiger partial charge in [0.1, 0.15) is 0 Å². The van der Waals surface area contributed by atoms with Crippen molar-refractivity contribution in [3.8, 4) is 0 Å². The lowest BCUT2D eigenvalue weighted by molar-refractivity contribution is -0.129. The maximum atomic E-state index is 12.6. The lowest BCUT2D eigenvalue weighted by Gasteiger charge is -2.56. The lowest BCUT2D eigenvalue weighted by Crippen LogP contribution is -2.47. The number of aromatic nitrogens is 2. The molecule has 5 aliphatic rings. The minimum Gasteiger partial charge on any atom is -0.347 e. The van der Waals surface area contributed by atoms with Gasteiger partial charge in [-0.3, -0.25) is 4.79 Å². The van der Waals surface area contributed by atoms with E-state index in [0.29, 0.717) is 24.7 Å². The Morgan fingerprint density at radius 2 is 1.73 bits per heavy atom. The van der Waals surface area contributed by atoms with Crippen LogP contribution in [0.15, 0.2) is 4.52 Å². The highest BCUT2D eigenvalue weighted by molar-refractivity contribution is 5.76. The molecular weight excluding hydrogens is 328 g/mol. The Bertz CT molecular complexity index is 656. The number of hydrogen-bond acceptors (Lipinski definition) is 5. The third-order valence-corrected chi connectivity index (χ3v) is 7.55. The van der Waals surface area contributed by atoms with E-state index in [1.54, 1.807) is 0 Å². The van der Waals surface area contributed by atoms with Crippen molar-refractivity contribution >= 4 is 5.91 Å². The van der Waals surface area contributed by atoms with Crippen LogP contribution in [0.5, 0.6) is 0 Å². The fourth-order valence-electron chi connectivity index (χ4n) is 6.84. The van der Waals surface area contributed by atoms with E-state index >= 15 is 0 Å². The van der Waals surface area contributed by atoms with Gasteiger partial charge in [-0.1, -0.05) is 18.0 Å². The summed E-state index contributed by atoms with van der Waals surface area (Å²) in [4.78, 5) is 17.0. The van der Waals surface area contributed by atoms with Crippen LogP contribution >= 0.6 is 0 Å². The van der Waals surface area contributed by atoms with Crippen molar-refractivity contribution in [3.05, 3.63) is 11.7 Å². The Hall–Kier alpha value is -1.43. The second-order valence-electron chi connectivity index (χ2n) is 9.75. The fourth-order valence-corrected chi connectivity index (χ4v) is 6.84. The molecule has 5 aliphatic carbocycles. The molecule has 1 heterocycles. The average Bonchev–Trinajstić information content (AvgIpc) is 3.21. The zero-order chi connectivity index (χ0) is 17.8. The van der Waals surface area contributed by atoms with E-state index in [-0.39, 0.29) is 11.3 Å². The number of amides is 1. The number of carbonyl (C=O) groups is 1. The summed E-state index contributed by atoms with van der Waals surface area (Å²) in [5, 5.41) is 7.08. The summed E-state index contributed by atoms with van der Waals surface area (Å²) in [6.45, 7) is 0.314. The summed E-state index contributed by atoms with van der Waals surface area (Å²) in [5.74, 6) is 3.82. The second kappa shape index (κ2) is 6.04. The molecule has 5 fully saturated rings. The zero-order valence-corrected chi connectivity index (χ0v) is 15.5. The van der Waals surface area contributed by atoms with Crippen LogP contribution < -0.4 is 11.1 Å². The normalized spacial score (nSPS) is 37.2. The molecule has 3 N–H and O–H groups in total. The Morgan fingerprint density at radius 3 is 2.35 bits per heavy atom. The first-order valence-corrected chi connectivity index (χ1v) is 10.4. The van der Waals surface area contributed by atoms with Crippen molar-refractivity contribution in [1.29, 1.82) is 0 Å². The van der Waals surface area contributed by atoms with Crippen molar-refractivity contribution in [2.75, 3.05) is 0 Å². The SMILES string of the molecule is NC1(c2noc(CNC(=O)CC34CC5CC(CC(C5)C3)C4)n2)CCCC1. The molecule has 0 aromatic carbocycles. The molecule has 5 saturated carbocycles. The molecule has 1 amide bonds. The van der Waals surface area contributed by atoms with Gasteiger partial charge in [0, 0.05) is 6.42 Å². The maximum Gasteiger partial charge on any atom is 0.246 e. The zero-order valence-electron chi connectivity index (χ0n) is 15.5. The van der Waals surface area contributed by atoms with Gasteiger partial charge in [0.15, 0.2) is 5.82 Å². The minimum atomic E-state index is -0.440. The molecule has 0 spiro atoms. The number of rotatable bonds is 5. The Balaban J connectivity index is 1.18. The summed E-state index contributed by atoms with van der Waals surface area (Å²) < 4.78 is 5.33. The van der Waals surface area contributed by atoms with E-state index < -0.39 is 5.54 Å². The number of hydrogen-bond donors (Lipinski definition) is 2. The molecule has 0 aliphatic heterocycles. The first-order chi connectivity index (χ1) is 12.5. The van der Waals surface area contributed by atoms with Gasteiger partial charge in [0.25, 0.3) is 0 Å². The number of nitrogens with two attached hydrogens (primary N) is 1. The molecular formula is C20H30N4O2. The van der Waals surface area contributed by atoms with Crippen LogP contribution in [0.3, 0.4) is 0 Å². The Labute approximate surface area is 154 Å². The van der Waals surface area contributed by atoms with Gasteiger partial charge >= 0.3 is 0 Å². The third-order valence-electron chi connectivity index (χ3n) is 7.55. The van der Waals surface area contributed by atoms with Crippen LogP contribution in [0.1, 0.15) is 82.3 Å². The second-order valence-corrected chi connectivity index (χ2v) is 9.75. The van der Waals surface area contributed by atoms with Crippen LogP contribution in [-0.4, -0.2) is 16.0 Å². The van der Waals surface area contributed by atoms with E-state index in [1.807, 2.05) is 0 Å². The van der Waals surface area contributed by atoms with E-state index in [2.05, 4.69) is 15.5 Å². The summed E-state index contributed by atoms with van der Waals surface area (Å²) in [7, 11) is 0. The molecule has 26 heavy (non-hydrogen) atoms. The average molecular weight is 358 g/mol. The van der Waals surface area contributed by atoms with Crippen molar-refractivity contribution in [2.24, 2.45) is 28.9 Å². The fraction of sp³-hybridized carbons (Fsp3) is 0.850. The highest BCUT2D eigenvalue weighted by Crippen LogP contribution is 2.61. The molecule has 1 aromatic rings.